The number of hydrogen-bond acceptors (Lipinski definition) is 2. The van der Waals surface area contributed by atoms with Gasteiger partial charge in [-0.05, 0) is 12.8 Å². The Morgan fingerprint density at radius 1 is 1.27 bits per heavy atom. The predicted molar refractivity (Wildman–Crippen MR) is 46.7 cm³/mol. The molecule has 6 heteroatoms. The van der Waals surface area contributed by atoms with Gasteiger partial charge in [-0.25, -0.2) is 5.48 Å². The Bertz CT molecular complexity index is 212. The lowest BCUT2D eigenvalue weighted by Gasteiger charge is -2.20. The van der Waals surface area contributed by atoms with Gasteiger partial charge in [-0.15, -0.1) is 0 Å². The normalized spacial score (nSPS) is 18.9. The van der Waals surface area contributed by atoms with Crippen LogP contribution in [0.1, 0.15) is 32.1 Å². The summed E-state index contributed by atoms with van der Waals surface area (Å²) in [5.74, 6) is -0.620. The first-order chi connectivity index (χ1) is 6.99. The Morgan fingerprint density at radius 3 is 2.40 bits per heavy atom. The summed E-state index contributed by atoms with van der Waals surface area (Å²) in [7, 11) is 0. The van der Waals surface area contributed by atoms with Gasteiger partial charge in [0.1, 0.15) is 0 Å². The fraction of sp³-hybridized carbons (Fsp3) is 0.889. The maximum atomic E-state index is 11.7. The predicted octanol–water partition coefficient (Wildman–Crippen LogP) is 2.18. The second-order valence-electron chi connectivity index (χ2n) is 3.71. The molecule has 0 unspecified atom stereocenters. The van der Waals surface area contributed by atoms with Crippen molar-refractivity contribution in [3.8, 4) is 0 Å². The van der Waals surface area contributed by atoms with Gasteiger partial charge in [0.2, 0.25) is 5.91 Å². The van der Waals surface area contributed by atoms with Crippen LogP contribution in [0, 0.1) is 5.92 Å². The van der Waals surface area contributed by atoms with Crippen molar-refractivity contribution in [2.24, 2.45) is 5.92 Å². The highest BCUT2D eigenvalue weighted by Crippen LogP contribution is 2.23. The van der Waals surface area contributed by atoms with Gasteiger partial charge in [-0.2, -0.15) is 13.2 Å². The average Bonchev–Trinajstić information content (AvgIpc) is 2.17. The standard InChI is InChI=1S/C9H14F3NO2/c10-9(11,12)6-15-13-8(14)7-4-2-1-3-5-7/h7H,1-6H2,(H,13,14). The number of hydroxylamine groups is 1. The van der Waals surface area contributed by atoms with Crippen molar-refractivity contribution in [3.05, 3.63) is 0 Å². The van der Waals surface area contributed by atoms with Crippen LogP contribution in [0.25, 0.3) is 0 Å². The molecular weight excluding hydrogens is 211 g/mol. The zero-order chi connectivity index (χ0) is 11.3. The van der Waals surface area contributed by atoms with E-state index in [0.29, 0.717) is 0 Å². The smallest absolute Gasteiger partial charge is 0.273 e. The summed E-state index contributed by atoms with van der Waals surface area (Å²) in [6.45, 7) is -1.44. The van der Waals surface area contributed by atoms with Crippen LogP contribution < -0.4 is 5.48 Å². The lowest BCUT2D eigenvalue weighted by atomic mass is 9.89. The van der Waals surface area contributed by atoms with Crippen LogP contribution in [-0.2, 0) is 9.63 Å². The zero-order valence-electron chi connectivity index (χ0n) is 8.27. The summed E-state index contributed by atoms with van der Waals surface area (Å²) in [6.07, 6.45) is 0.0736. The lowest BCUT2D eigenvalue weighted by Crippen LogP contribution is -2.34. The summed E-state index contributed by atoms with van der Waals surface area (Å²) in [4.78, 5) is 15.4. The lowest BCUT2D eigenvalue weighted by molar-refractivity contribution is -0.193. The minimum Gasteiger partial charge on any atom is -0.273 e. The second-order valence-corrected chi connectivity index (χ2v) is 3.71. The minimum atomic E-state index is -4.40. The van der Waals surface area contributed by atoms with Crippen LogP contribution in [0.4, 0.5) is 13.2 Å². The van der Waals surface area contributed by atoms with Crippen molar-refractivity contribution in [3.63, 3.8) is 0 Å². The van der Waals surface area contributed by atoms with Crippen molar-refractivity contribution in [2.45, 2.75) is 38.3 Å². The van der Waals surface area contributed by atoms with Gasteiger partial charge in [0.15, 0.2) is 6.61 Å². The first kappa shape index (κ1) is 12.3. The van der Waals surface area contributed by atoms with Gasteiger partial charge in [0.05, 0.1) is 0 Å². The van der Waals surface area contributed by atoms with Crippen LogP contribution >= 0.6 is 0 Å². The highest BCUT2D eigenvalue weighted by molar-refractivity contribution is 5.77. The number of rotatable bonds is 3. The molecule has 0 aromatic rings. The molecule has 1 amide bonds. The van der Waals surface area contributed by atoms with Gasteiger partial charge in [0, 0.05) is 5.92 Å². The molecule has 1 rings (SSSR count). The quantitative estimate of drug-likeness (QED) is 0.747. The minimum absolute atomic E-state index is 0.188. The number of carbonyl (C=O) groups is 1. The molecule has 15 heavy (non-hydrogen) atoms. The van der Waals surface area contributed by atoms with E-state index in [1.807, 2.05) is 5.48 Å². The van der Waals surface area contributed by atoms with E-state index in [9.17, 15) is 18.0 Å². The largest absolute Gasteiger partial charge is 0.414 e. The highest BCUT2D eigenvalue weighted by atomic mass is 19.4. The molecule has 1 saturated carbocycles. The van der Waals surface area contributed by atoms with E-state index in [2.05, 4.69) is 4.84 Å². The van der Waals surface area contributed by atoms with Gasteiger partial charge in [-0.3, -0.25) is 9.63 Å². The third kappa shape index (κ3) is 5.01. The van der Waals surface area contributed by atoms with Crippen LogP contribution in [0.2, 0.25) is 0 Å². The van der Waals surface area contributed by atoms with Crippen LogP contribution in [0.3, 0.4) is 0 Å². The number of hydrogen-bond donors (Lipinski definition) is 1. The number of alkyl halides is 3. The fourth-order valence-corrected chi connectivity index (χ4v) is 1.64. The van der Waals surface area contributed by atoms with Crippen molar-refractivity contribution in [1.82, 2.24) is 5.48 Å². The van der Waals surface area contributed by atoms with E-state index in [1.165, 1.54) is 0 Å². The maximum Gasteiger partial charge on any atom is 0.414 e. The monoisotopic (exact) mass is 225 g/mol. The van der Waals surface area contributed by atoms with Crippen LogP contribution in [0.15, 0.2) is 0 Å². The molecule has 0 bridgehead atoms. The Hall–Kier alpha value is -0.780. The topological polar surface area (TPSA) is 38.3 Å². The summed E-state index contributed by atoms with van der Waals surface area (Å²) in [5, 5.41) is 0. The molecule has 1 aliphatic rings. The van der Waals surface area contributed by atoms with Gasteiger partial charge in [-0.1, -0.05) is 19.3 Å². The van der Waals surface area contributed by atoms with Crippen molar-refractivity contribution in [2.75, 3.05) is 6.61 Å². The van der Waals surface area contributed by atoms with E-state index in [-0.39, 0.29) is 5.92 Å². The number of nitrogens with one attached hydrogen (secondary N) is 1. The molecule has 0 heterocycles. The molecule has 3 nitrogen and oxygen atoms in total. The molecule has 1 aliphatic carbocycles. The summed E-state index contributed by atoms with van der Waals surface area (Å²) in [5.41, 5.74) is 1.85. The van der Waals surface area contributed by atoms with Gasteiger partial charge < -0.3 is 0 Å². The summed E-state index contributed by atoms with van der Waals surface area (Å²) in [6, 6.07) is 0. The third-order valence-electron chi connectivity index (χ3n) is 2.38. The van der Waals surface area contributed by atoms with Crippen LogP contribution in [-0.4, -0.2) is 18.7 Å². The molecule has 0 spiro atoms. The van der Waals surface area contributed by atoms with Gasteiger partial charge >= 0.3 is 6.18 Å². The molecule has 88 valence electrons. The Morgan fingerprint density at radius 2 is 1.87 bits per heavy atom. The Kier molecular flexibility index (Phi) is 4.38. The number of amides is 1. The average molecular weight is 225 g/mol. The second kappa shape index (κ2) is 5.34. The van der Waals surface area contributed by atoms with E-state index in [1.54, 1.807) is 0 Å². The Balaban J connectivity index is 2.17. The summed E-state index contributed by atoms with van der Waals surface area (Å²) >= 11 is 0. The molecule has 1 N–H and O–H groups in total. The van der Waals surface area contributed by atoms with E-state index >= 15 is 0 Å². The molecular formula is C9H14F3NO2. The van der Waals surface area contributed by atoms with E-state index in [4.69, 9.17) is 0 Å². The first-order valence-electron chi connectivity index (χ1n) is 4.97. The number of carbonyl (C=O) groups excluding carboxylic acids is 1. The molecule has 0 aromatic carbocycles. The van der Waals surface area contributed by atoms with Gasteiger partial charge in [0.25, 0.3) is 0 Å². The molecule has 1 fully saturated rings. The van der Waals surface area contributed by atoms with Crippen LogP contribution in [0.5, 0.6) is 0 Å². The Labute approximate surface area is 85.9 Å². The van der Waals surface area contributed by atoms with E-state index in [0.717, 1.165) is 32.1 Å². The first-order valence-corrected chi connectivity index (χ1v) is 4.97. The fourth-order valence-electron chi connectivity index (χ4n) is 1.64. The molecule has 0 atom stereocenters. The summed E-state index contributed by atoms with van der Waals surface area (Å²) < 4.78 is 35.0. The van der Waals surface area contributed by atoms with Crippen molar-refractivity contribution < 1.29 is 22.8 Å². The van der Waals surface area contributed by atoms with E-state index < -0.39 is 18.7 Å². The molecule has 0 aromatic heterocycles. The molecule has 0 aliphatic heterocycles. The molecule has 0 radical (unpaired) electrons. The maximum absolute atomic E-state index is 11.7. The van der Waals surface area contributed by atoms with Crippen molar-refractivity contribution in [1.29, 1.82) is 0 Å². The van der Waals surface area contributed by atoms with Crippen molar-refractivity contribution >= 4 is 5.91 Å². The third-order valence-corrected chi connectivity index (χ3v) is 2.38. The molecule has 0 saturated heterocycles. The SMILES string of the molecule is O=C(NOCC(F)(F)F)C1CCCCC1. The zero-order valence-corrected chi connectivity index (χ0v) is 8.27. The number of halogens is 3. The highest BCUT2D eigenvalue weighted by Gasteiger charge is 2.29.